The summed E-state index contributed by atoms with van der Waals surface area (Å²) in [5.74, 6) is 0.520. The second-order valence-electron chi connectivity index (χ2n) is 5.98. The summed E-state index contributed by atoms with van der Waals surface area (Å²) in [7, 11) is 1.41. The lowest BCUT2D eigenvalue weighted by Gasteiger charge is -2.40. The number of carbonyl (C=O) groups excluding carboxylic acids is 2. The minimum Gasteiger partial charge on any atom is -0.490 e. The van der Waals surface area contributed by atoms with Crippen molar-refractivity contribution < 1.29 is 14.3 Å². The van der Waals surface area contributed by atoms with Gasteiger partial charge in [0.15, 0.2) is 0 Å². The van der Waals surface area contributed by atoms with Gasteiger partial charge in [0.05, 0.1) is 25.3 Å². The molecule has 23 heavy (non-hydrogen) atoms. The molecule has 2 fully saturated rings. The van der Waals surface area contributed by atoms with Gasteiger partial charge >= 0.3 is 0 Å². The van der Waals surface area contributed by atoms with E-state index in [1.165, 1.54) is 20.2 Å². The van der Waals surface area contributed by atoms with E-state index >= 15 is 0 Å². The fraction of sp³-hybridized carbons (Fsp3) is 0.600. The van der Waals surface area contributed by atoms with Crippen LogP contribution in [0.25, 0.3) is 0 Å². The monoisotopic (exact) mass is 320 g/mol. The van der Waals surface area contributed by atoms with Gasteiger partial charge in [0, 0.05) is 26.6 Å². The van der Waals surface area contributed by atoms with Crippen molar-refractivity contribution in [1.29, 1.82) is 0 Å². The lowest BCUT2D eigenvalue weighted by atomic mass is 9.98. The maximum atomic E-state index is 12.6. The minimum absolute atomic E-state index is 0.00632. The van der Waals surface area contributed by atoms with Gasteiger partial charge < -0.3 is 19.5 Å². The summed E-state index contributed by atoms with van der Waals surface area (Å²) in [6.07, 6.45) is 3.02. The van der Waals surface area contributed by atoms with Crippen molar-refractivity contribution in [2.24, 2.45) is 5.92 Å². The largest absolute Gasteiger partial charge is 0.490 e. The summed E-state index contributed by atoms with van der Waals surface area (Å²) >= 11 is 0. The van der Waals surface area contributed by atoms with Crippen LogP contribution in [0.15, 0.2) is 11.0 Å². The standard InChI is InChI=1S/C15H20N4O4/c1-9(20)18-7-10(8-18)15(22)19-5-3-4-11(19)13-16-6-12(23-2)14(21)17-13/h6,10-11H,3-5,7-8H2,1-2H3,(H,16,17,21). The van der Waals surface area contributed by atoms with Gasteiger partial charge in [-0.15, -0.1) is 0 Å². The highest BCUT2D eigenvalue weighted by molar-refractivity contribution is 5.84. The maximum absolute atomic E-state index is 12.6. The van der Waals surface area contributed by atoms with E-state index in [2.05, 4.69) is 9.97 Å². The number of ether oxygens (including phenoxy) is 1. The number of nitrogens with one attached hydrogen (secondary N) is 1. The second-order valence-corrected chi connectivity index (χ2v) is 5.98. The van der Waals surface area contributed by atoms with Gasteiger partial charge in [-0.25, -0.2) is 4.98 Å². The normalized spacial score (nSPS) is 21.2. The molecule has 1 atom stereocenters. The molecule has 8 heteroatoms. The van der Waals surface area contributed by atoms with Crippen molar-refractivity contribution in [1.82, 2.24) is 19.8 Å². The molecule has 2 aliphatic rings. The molecule has 1 N–H and O–H groups in total. The predicted molar refractivity (Wildman–Crippen MR) is 80.8 cm³/mol. The zero-order valence-corrected chi connectivity index (χ0v) is 13.2. The van der Waals surface area contributed by atoms with Gasteiger partial charge in [-0.2, -0.15) is 0 Å². The molecule has 0 aromatic carbocycles. The van der Waals surface area contributed by atoms with Crippen LogP contribution in [0, 0.1) is 5.92 Å². The molecule has 0 radical (unpaired) electrons. The summed E-state index contributed by atoms with van der Waals surface area (Å²) in [6.45, 7) is 3.11. The van der Waals surface area contributed by atoms with E-state index in [0.29, 0.717) is 25.5 Å². The summed E-state index contributed by atoms with van der Waals surface area (Å²) in [4.78, 5) is 46.1. The lowest BCUT2D eigenvalue weighted by Crippen LogP contribution is -2.55. The van der Waals surface area contributed by atoms with Crippen LogP contribution < -0.4 is 10.3 Å². The topological polar surface area (TPSA) is 95.6 Å². The third-order valence-corrected chi connectivity index (χ3v) is 4.53. The van der Waals surface area contributed by atoms with E-state index in [1.54, 1.807) is 9.80 Å². The van der Waals surface area contributed by atoms with Crippen molar-refractivity contribution in [3.8, 4) is 5.75 Å². The number of rotatable bonds is 3. The quantitative estimate of drug-likeness (QED) is 0.840. The van der Waals surface area contributed by atoms with Crippen LogP contribution in [0.1, 0.15) is 31.6 Å². The molecule has 0 aliphatic carbocycles. The van der Waals surface area contributed by atoms with Crippen molar-refractivity contribution in [2.75, 3.05) is 26.7 Å². The Morgan fingerprint density at radius 2 is 2.13 bits per heavy atom. The highest BCUT2D eigenvalue weighted by Crippen LogP contribution is 2.32. The van der Waals surface area contributed by atoms with E-state index in [-0.39, 0.29) is 35.1 Å². The predicted octanol–water partition coefficient (Wildman–Crippen LogP) is -0.0797. The number of aromatic amines is 1. The summed E-state index contributed by atoms with van der Waals surface area (Å²) < 4.78 is 4.91. The average molecular weight is 320 g/mol. The Morgan fingerprint density at radius 1 is 1.39 bits per heavy atom. The molecular formula is C15H20N4O4. The summed E-state index contributed by atoms with van der Waals surface area (Å²) in [5.41, 5.74) is -0.344. The smallest absolute Gasteiger partial charge is 0.293 e. The van der Waals surface area contributed by atoms with E-state index < -0.39 is 0 Å². The first-order valence-electron chi connectivity index (χ1n) is 7.70. The van der Waals surface area contributed by atoms with Crippen LogP contribution >= 0.6 is 0 Å². The molecule has 0 spiro atoms. The van der Waals surface area contributed by atoms with Crippen molar-refractivity contribution in [3.63, 3.8) is 0 Å². The van der Waals surface area contributed by atoms with Gasteiger partial charge in [0.1, 0.15) is 5.82 Å². The molecule has 124 valence electrons. The van der Waals surface area contributed by atoms with Gasteiger partial charge in [-0.3, -0.25) is 14.4 Å². The first-order chi connectivity index (χ1) is 11.0. The number of hydrogen-bond acceptors (Lipinski definition) is 5. The number of carbonyl (C=O) groups is 2. The number of likely N-dealkylation sites (tertiary alicyclic amines) is 2. The zero-order chi connectivity index (χ0) is 16.6. The molecule has 3 rings (SSSR count). The van der Waals surface area contributed by atoms with E-state index in [9.17, 15) is 14.4 Å². The maximum Gasteiger partial charge on any atom is 0.293 e. The van der Waals surface area contributed by atoms with Gasteiger partial charge in [-0.05, 0) is 12.8 Å². The molecular weight excluding hydrogens is 300 g/mol. The average Bonchev–Trinajstić information content (AvgIpc) is 2.94. The number of amides is 2. The van der Waals surface area contributed by atoms with E-state index in [0.717, 1.165) is 12.8 Å². The highest BCUT2D eigenvalue weighted by Gasteiger charge is 2.41. The Morgan fingerprint density at radius 3 is 2.74 bits per heavy atom. The van der Waals surface area contributed by atoms with E-state index in [4.69, 9.17) is 4.74 Å². The third kappa shape index (κ3) is 2.80. The SMILES string of the molecule is COc1cnc(C2CCCN2C(=O)C2CN(C(C)=O)C2)[nH]c1=O. The minimum atomic E-state index is -0.344. The van der Waals surface area contributed by atoms with Crippen LogP contribution in [-0.2, 0) is 9.59 Å². The number of nitrogens with zero attached hydrogens (tertiary/aromatic N) is 3. The number of aromatic nitrogens is 2. The van der Waals surface area contributed by atoms with Crippen LogP contribution in [0.4, 0.5) is 0 Å². The molecule has 1 aromatic heterocycles. The Bertz CT molecular complexity index is 680. The molecule has 0 saturated carbocycles. The van der Waals surface area contributed by atoms with Crippen LogP contribution in [0.3, 0.4) is 0 Å². The Balaban J connectivity index is 1.73. The number of hydrogen-bond donors (Lipinski definition) is 1. The van der Waals surface area contributed by atoms with Crippen LogP contribution in [-0.4, -0.2) is 58.3 Å². The first kappa shape index (κ1) is 15.5. The van der Waals surface area contributed by atoms with Crippen LogP contribution in [0.2, 0.25) is 0 Å². The molecule has 3 heterocycles. The summed E-state index contributed by atoms with van der Waals surface area (Å²) in [5, 5.41) is 0. The second kappa shape index (κ2) is 6.02. The Kier molecular flexibility index (Phi) is 4.06. The molecule has 1 unspecified atom stereocenters. The van der Waals surface area contributed by atoms with Gasteiger partial charge in [-0.1, -0.05) is 0 Å². The third-order valence-electron chi connectivity index (χ3n) is 4.53. The molecule has 0 bridgehead atoms. The molecule has 2 saturated heterocycles. The van der Waals surface area contributed by atoms with E-state index in [1.807, 2.05) is 0 Å². The van der Waals surface area contributed by atoms with Crippen molar-refractivity contribution in [2.45, 2.75) is 25.8 Å². The fourth-order valence-electron chi connectivity index (χ4n) is 3.15. The zero-order valence-electron chi connectivity index (χ0n) is 13.2. The Hall–Kier alpha value is -2.38. The molecule has 1 aromatic rings. The molecule has 2 aliphatic heterocycles. The molecule has 8 nitrogen and oxygen atoms in total. The van der Waals surface area contributed by atoms with Crippen LogP contribution in [0.5, 0.6) is 5.75 Å². The highest BCUT2D eigenvalue weighted by atomic mass is 16.5. The fourth-order valence-corrected chi connectivity index (χ4v) is 3.15. The lowest BCUT2D eigenvalue weighted by molar-refractivity contribution is -0.148. The van der Waals surface area contributed by atoms with Crippen molar-refractivity contribution in [3.05, 3.63) is 22.4 Å². The first-order valence-corrected chi connectivity index (χ1v) is 7.70. The molecule has 2 amide bonds. The van der Waals surface area contributed by atoms with Gasteiger partial charge in [0.2, 0.25) is 17.6 Å². The van der Waals surface area contributed by atoms with Gasteiger partial charge in [0.25, 0.3) is 5.56 Å². The number of H-pyrrole nitrogens is 1. The Labute approximate surface area is 133 Å². The summed E-state index contributed by atoms with van der Waals surface area (Å²) in [6, 6.07) is -0.215. The number of methoxy groups -OCH3 is 1. The van der Waals surface area contributed by atoms with Crippen molar-refractivity contribution >= 4 is 11.8 Å².